The monoisotopic (exact) mass is 380 g/mol. The van der Waals surface area contributed by atoms with Crippen LogP contribution >= 0.6 is 23.2 Å². The number of hydrogen-bond donors (Lipinski definition) is 2. The average molecular weight is 381 g/mol. The molecule has 0 fully saturated rings. The summed E-state index contributed by atoms with van der Waals surface area (Å²) in [5.41, 5.74) is 1.96. The van der Waals surface area contributed by atoms with E-state index < -0.39 is 0 Å². The number of nitrogens with one attached hydrogen (secondary N) is 2. The van der Waals surface area contributed by atoms with Crippen LogP contribution in [0.15, 0.2) is 42.5 Å². The Balaban J connectivity index is 1.77. The van der Waals surface area contributed by atoms with Crippen molar-refractivity contribution in [1.29, 1.82) is 0 Å². The maximum atomic E-state index is 12.0. The van der Waals surface area contributed by atoms with E-state index in [1.165, 1.54) is 6.07 Å². The fraction of sp³-hybridized carbons (Fsp3) is 0.222. The molecule has 0 heterocycles. The summed E-state index contributed by atoms with van der Waals surface area (Å²) in [4.78, 5) is 24.0. The van der Waals surface area contributed by atoms with Gasteiger partial charge in [-0.1, -0.05) is 35.3 Å². The van der Waals surface area contributed by atoms with Crippen molar-refractivity contribution in [2.24, 2.45) is 0 Å². The van der Waals surface area contributed by atoms with Gasteiger partial charge in [-0.05, 0) is 35.9 Å². The number of carbonyl (C=O) groups is 2. The Morgan fingerprint density at radius 1 is 0.880 bits per heavy atom. The molecule has 0 unspecified atom stereocenters. The van der Waals surface area contributed by atoms with E-state index in [4.69, 9.17) is 27.9 Å². The number of halogens is 2. The van der Waals surface area contributed by atoms with E-state index in [2.05, 4.69) is 10.6 Å². The lowest BCUT2D eigenvalue weighted by Gasteiger charge is -2.08. The summed E-state index contributed by atoms with van der Waals surface area (Å²) in [6, 6.07) is 11.8. The minimum absolute atomic E-state index is 0.201. The highest BCUT2D eigenvalue weighted by molar-refractivity contribution is 6.42. The van der Waals surface area contributed by atoms with Gasteiger partial charge in [0.2, 0.25) is 0 Å². The number of rotatable bonds is 7. The minimum Gasteiger partial charge on any atom is -0.380 e. The van der Waals surface area contributed by atoms with Crippen LogP contribution in [0, 0.1) is 0 Å². The van der Waals surface area contributed by atoms with Crippen molar-refractivity contribution in [3.8, 4) is 0 Å². The lowest BCUT2D eigenvalue weighted by molar-refractivity contribution is 0.0927. The zero-order valence-corrected chi connectivity index (χ0v) is 15.2. The molecule has 25 heavy (non-hydrogen) atoms. The third kappa shape index (κ3) is 5.74. The van der Waals surface area contributed by atoms with Crippen molar-refractivity contribution in [3.63, 3.8) is 0 Å². The molecule has 2 aromatic carbocycles. The van der Waals surface area contributed by atoms with Gasteiger partial charge in [0.05, 0.1) is 16.7 Å². The van der Waals surface area contributed by atoms with E-state index in [0.29, 0.717) is 40.9 Å². The molecule has 132 valence electrons. The van der Waals surface area contributed by atoms with Gasteiger partial charge < -0.3 is 15.4 Å². The highest BCUT2D eigenvalue weighted by atomic mass is 35.5. The SMILES string of the molecule is COCc1ccc(C(=O)NCCNC(=O)c2ccc(Cl)c(Cl)c2)cc1. The summed E-state index contributed by atoms with van der Waals surface area (Å²) >= 11 is 11.7. The Morgan fingerprint density at radius 3 is 2.00 bits per heavy atom. The molecule has 0 aromatic heterocycles. The van der Waals surface area contributed by atoms with Crippen LogP contribution < -0.4 is 10.6 Å². The number of amides is 2. The molecule has 0 bridgehead atoms. The molecule has 2 rings (SSSR count). The number of benzene rings is 2. The van der Waals surface area contributed by atoms with Crippen molar-refractivity contribution in [2.45, 2.75) is 6.61 Å². The smallest absolute Gasteiger partial charge is 0.251 e. The number of methoxy groups -OCH3 is 1. The van der Waals surface area contributed by atoms with E-state index in [1.807, 2.05) is 12.1 Å². The van der Waals surface area contributed by atoms with Crippen LogP contribution in [0.25, 0.3) is 0 Å². The molecular weight excluding hydrogens is 363 g/mol. The predicted octanol–water partition coefficient (Wildman–Crippen LogP) is 3.30. The molecule has 0 atom stereocenters. The summed E-state index contributed by atoms with van der Waals surface area (Å²) in [5.74, 6) is -0.482. The first-order valence-corrected chi connectivity index (χ1v) is 8.36. The molecule has 7 heteroatoms. The van der Waals surface area contributed by atoms with Crippen LogP contribution in [0.1, 0.15) is 26.3 Å². The van der Waals surface area contributed by atoms with Crippen molar-refractivity contribution < 1.29 is 14.3 Å². The van der Waals surface area contributed by atoms with Crippen molar-refractivity contribution in [1.82, 2.24) is 10.6 Å². The van der Waals surface area contributed by atoms with Crippen LogP contribution in [0.4, 0.5) is 0 Å². The summed E-state index contributed by atoms with van der Waals surface area (Å²) in [6.45, 7) is 1.11. The average Bonchev–Trinajstić information content (AvgIpc) is 2.61. The Labute approximate surface area is 156 Å². The van der Waals surface area contributed by atoms with Crippen LogP contribution in [0.2, 0.25) is 10.0 Å². The molecule has 0 spiro atoms. The second-order valence-corrected chi connectivity index (χ2v) is 6.09. The second-order valence-electron chi connectivity index (χ2n) is 5.27. The highest BCUT2D eigenvalue weighted by Crippen LogP contribution is 2.22. The van der Waals surface area contributed by atoms with Crippen LogP contribution in [-0.2, 0) is 11.3 Å². The predicted molar refractivity (Wildman–Crippen MR) is 98.3 cm³/mol. The second kappa shape index (κ2) is 9.42. The van der Waals surface area contributed by atoms with Crippen LogP contribution in [-0.4, -0.2) is 32.0 Å². The molecule has 0 saturated carbocycles. The van der Waals surface area contributed by atoms with Gasteiger partial charge in [0.25, 0.3) is 11.8 Å². The largest absolute Gasteiger partial charge is 0.380 e. The van der Waals surface area contributed by atoms with Crippen molar-refractivity contribution >= 4 is 35.0 Å². The molecule has 0 aliphatic carbocycles. The summed E-state index contributed by atoms with van der Waals surface area (Å²) < 4.78 is 5.02. The summed E-state index contributed by atoms with van der Waals surface area (Å²) in [5, 5.41) is 6.16. The molecule has 0 aliphatic heterocycles. The van der Waals surface area contributed by atoms with E-state index in [0.717, 1.165) is 5.56 Å². The molecule has 0 aliphatic rings. The molecule has 5 nitrogen and oxygen atoms in total. The van der Waals surface area contributed by atoms with E-state index in [1.54, 1.807) is 31.4 Å². The van der Waals surface area contributed by atoms with Gasteiger partial charge in [0, 0.05) is 31.3 Å². The van der Waals surface area contributed by atoms with Gasteiger partial charge in [-0.15, -0.1) is 0 Å². The van der Waals surface area contributed by atoms with Crippen LogP contribution in [0.5, 0.6) is 0 Å². The first-order chi connectivity index (χ1) is 12.0. The summed E-state index contributed by atoms with van der Waals surface area (Å²) in [6.07, 6.45) is 0. The quantitative estimate of drug-likeness (QED) is 0.724. The normalized spacial score (nSPS) is 10.4. The van der Waals surface area contributed by atoms with E-state index >= 15 is 0 Å². The van der Waals surface area contributed by atoms with Gasteiger partial charge in [-0.25, -0.2) is 0 Å². The van der Waals surface area contributed by atoms with Crippen LogP contribution in [0.3, 0.4) is 0 Å². The zero-order chi connectivity index (χ0) is 18.2. The molecular formula is C18H18Cl2N2O3. The highest BCUT2D eigenvalue weighted by Gasteiger charge is 2.08. The van der Waals surface area contributed by atoms with Crippen molar-refractivity contribution in [3.05, 3.63) is 69.2 Å². The minimum atomic E-state index is -0.281. The van der Waals surface area contributed by atoms with Gasteiger partial charge in [-0.2, -0.15) is 0 Å². The topological polar surface area (TPSA) is 67.4 Å². The Kier molecular flexibility index (Phi) is 7.25. The first-order valence-electron chi connectivity index (χ1n) is 7.60. The lowest BCUT2D eigenvalue weighted by atomic mass is 10.1. The molecule has 0 saturated heterocycles. The number of carbonyl (C=O) groups excluding carboxylic acids is 2. The van der Waals surface area contributed by atoms with Crippen molar-refractivity contribution in [2.75, 3.05) is 20.2 Å². The molecule has 0 radical (unpaired) electrons. The lowest BCUT2D eigenvalue weighted by Crippen LogP contribution is -2.34. The fourth-order valence-corrected chi connectivity index (χ4v) is 2.41. The first kappa shape index (κ1) is 19.2. The maximum absolute atomic E-state index is 12.0. The maximum Gasteiger partial charge on any atom is 0.251 e. The zero-order valence-electron chi connectivity index (χ0n) is 13.6. The van der Waals surface area contributed by atoms with Gasteiger partial charge in [-0.3, -0.25) is 9.59 Å². The fourth-order valence-electron chi connectivity index (χ4n) is 2.11. The number of ether oxygens (including phenoxy) is 1. The molecule has 2 amide bonds. The standard InChI is InChI=1S/C18H18Cl2N2O3/c1-25-11-12-2-4-13(5-3-12)17(23)21-8-9-22-18(24)14-6-7-15(19)16(20)10-14/h2-7,10H,8-9,11H2,1H3,(H,21,23)(H,22,24). The third-order valence-corrected chi connectivity index (χ3v) is 4.14. The third-order valence-electron chi connectivity index (χ3n) is 3.41. The summed E-state index contributed by atoms with van der Waals surface area (Å²) in [7, 11) is 1.62. The van der Waals surface area contributed by atoms with E-state index in [-0.39, 0.29) is 11.8 Å². The van der Waals surface area contributed by atoms with Gasteiger partial charge in [0.1, 0.15) is 0 Å². The van der Waals surface area contributed by atoms with E-state index in [9.17, 15) is 9.59 Å². The van der Waals surface area contributed by atoms with Gasteiger partial charge in [0.15, 0.2) is 0 Å². The Bertz CT molecular complexity index is 748. The Morgan fingerprint density at radius 2 is 1.44 bits per heavy atom. The number of hydrogen-bond acceptors (Lipinski definition) is 3. The molecule has 2 aromatic rings. The molecule has 2 N–H and O–H groups in total. The Hall–Kier alpha value is -2.08. The van der Waals surface area contributed by atoms with Gasteiger partial charge >= 0.3 is 0 Å².